The minimum absolute atomic E-state index is 0.119. The van der Waals surface area contributed by atoms with Crippen molar-refractivity contribution in [3.8, 4) is 0 Å². The maximum Gasteiger partial charge on any atom is 0.121 e. The molecule has 2 nitrogen and oxygen atoms in total. The summed E-state index contributed by atoms with van der Waals surface area (Å²) in [5, 5.41) is 0.239. The molecule has 0 N–H and O–H groups in total. The van der Waals surface area contributed by atoms with E-state index in [-0.39, 0.29) is 14.6 Å². The highest BCUT2D eigenvalue weighted by atomic mass is 32.2. The molecule has 0 heterocycles. The minimum Gasteiger partial charge on any atom is -0.303 e. The molecule has 0 radical (unpaired) electrons. The first-order valence-corrected chi connectivity index (χ1v) is 10.1. The summed E-state index contributed by atoms with van der Waals surface area (Å²) >= 11 is 3.58. The predicted molar refractivity (Wildman–Crippen MR) is 109 cm³/mol. The molecule has 0 aliphatic rings. The highest BCUT2D eigenvalue weighted by Gasteiger charge is 2.29. The van der Waals surface area contributed by atoms with E-state index < -0.39 is 0 Å². The Bertz CT molecular complexity index is 599. The molecule has 132 valence electrons. The monoisotopic (exact) mass is 372 g/mol. The van der Waals surface area contributed by atoms with Crippen molar-refractivity contribution in [1.82, 2.24) is 0 Å². The Balaban J connectivity index is 2.14. The van der Waals surface area contributed by atoms with Crippen LogP contribution in [0.2, 0.25) is 0 Å². The average molecular weight is 373 g/mol. The molecular formula is C21H24O2S2. The maximum absolute atomic E-state index is 11.2. The number of thioether (sulfide) groups is 2. The van der Waals surface area contributed by atoms with Crippen LogP contribution < -0.4 is 0 Å². The van der Waals surface area contributed by atoms with E-state index in [4.69, 9.17) is 0 Å². The van der Waals surface area contributed by atoms with Crippen molar-refractivity contribution in [2.75, 3.05) is 0 Å². The third-order valence-electron chi connectivity index (χ3n) is 3.82. The fraction of sp³-hybridized carbons (Fsp3) is 0.333. The summed E-state index contributed by atoms with van der Waals surface area (Å²) in [6.45, 7) is 4.34. The molecule has 0 amide bonds. The van der Waals surface area contributed by atoms with Gasteiger partial charge >= 0.3 is 0 Å². The van der Waals surface area contributed by atoms with Gasteiger partial charge in [0.2, 0.25) is 0 Å². The second-order valence-electron chi connectivity index (χ2n) is 6.24. The van der Waals surface area contributed by atoms with Gasteiger partial charge in [-0.2, -0.15) is 0 Å². The number of benzene rings is 2. The smallest absolute Gasteiger partial charge is 0.121 e. The Kier molecular flexibility index (Phi) is 7.79. The van der Waals surface area contributed by atoms with E-state index in [9.17, 15) is 9.59 Å². The summed E-state index contributed by atoms with van der Waals surface area (Å²) in [7, 11) is 0. The van der Waals surface area contributed by atoms with Crippen LogP contribution >= 0.6 is 23.5 Å². The average Bonchev–Trinajstić information content (AvgIpc) is 2.62. The van der Waals surface area contributed by atoms with Crippen molar-refractivity contribution in [1.29, 1.82) is 0 Å². The zero-order valence-corrected chi connectivity index (χ0v) is 16.3. The topological polar surface area (TPSA) is 34.1 Å². The molecule has 2 unspecified atom stereocenters. The second-order valence-corrected chi connectivity index (χ2v) is 10.1. The number of hydrogen-bond donors (Lipinski definition) is 0. The first-order chi connectivity index (χ1) is 12.1. The van der Waals surface area contributed by atoms with Gasteiger partial charge in [0, 0.05) is 23.3 Å². The molecule has 0 aliphatic heterocycles. The third kappa shape index (κ3) is 6.37. The van der Waals surface area contributed by atoms with Crippen molar-refractivity contribution in [3.63, 3.8) is 0 Å². The van der Waals surface area contributed by atoms with E-state index in [1.165, 1.54) is 11.1 Å². The SMILES string of the molecule is CC(C)(SC(CC=O)c1ccccc1)SC(CC=O)c1ccccc1. The summed E-state index contributed by atoms with van der Waals surface area (Å²) < 4.78 is -0.132. The van der Waals surface area contributed by atoms with Crippen molar-refractivity contribution in [3.05, 3.63) is 71.8 Å². The van der Waals surface area contributed by atoms with Crippen molar-refractivity contribution < 1.29 is 9.59 Å². The molecule has 0 aromatic heterocycles. The Morgan fingerprint density at radius 3 is 1.44 bits per heavy atom. The number of carbonyl (C=O) groups is 2. The molecule has 0 saturated heterocycles. The van der Waals surface area contributed by atoms with E-state index in [0.29, 0.717) is 12.8 Å². The first-order valence-electron chi connectivity index (χ1n) is 8.38. The summed E-state index contributed by atoms with van der Waals surface area (Å²) in [5.41, 5.74) is 2.33. The molecule has 2 rings (SSSR count). The Hall–Kier alpha value is -1.52. The van der Waals surface area contributed by atoms with Gasteiger partial charge in [0.1, 0.15) is 12.6 Å². The fourth-order valence-corrected chi connectivity index (χ4v) is 5.95. The van der Waals surface area contributed by atoms with Crippen LogP contribution in [0.5, 0.6) is 0 Å². The van der Waals surface area contributed by atoms with Crippen LogP contribution in [0, 0.1) is 0 Å². The molecule has 2 aromatic carbocycles. The van der Waals surface area contributed by atoms with Crippen LogP contribution in [0.3, 0.4) is 0 Å². The normalized spacial score (nSPS) is 13.8. The summed E-state index contributed by atoms with van der Waals surface area (Å²) in [6, 6.07) is 20.3. The van der Waals surface area contributed by atoms with E-state index in [1.807, 2.05) is 36.4 Å². The molecule has 0 saturated carbocycles. The lowest BCUT2D eigenvalue weighted by Crippen LogP contribution is -2.15. The summed E-state index contributed by atoms with van der Waals surface area (Å²) in [6.07, 6.45) is 2.96. The van der Waals surface area contributed by atoms with Crippen LogP contribution in [0.4, 0.5) is 0 Å². The molecule has 2 aromatic rings. The Morgan fingerprint density at radius 2 is 1.12 bits per heavy atom. The molecule has 0 spiro atoms. The van der Waals surface area contributed by atoms with E-state index in [2.05, 4.69) is 38.1 Å². The maximum atomic E-state index is 11.2. The zero-order valence-electron chi connectivity index (χ0n) is 14.6. The highest BCUT2D eigenvalue weighted by molar-refractivity contribution is 8.18. The number of rotatable bonds is 10. The molecule has 0 bridgehead atoms. The quantitative estimate of drug-likeness (QED) is 0.387. The van der Waals surface area contributed by atoms with Crippen LogP contribution in [-0.4, -0.2) is 16.7 Å². The van der Waals surface area contributed by atoms with E-state index >= 15 is 0 Å². The van der Waals surface area contributed by atoms with Crippen molar-refractivity contribution in [2.45, 2.75) is 41.3 Å². The van der Waals surface area contributed by atoms with Gasteiger partial charge in [-0.15, -0.1) is 23.5 Å². The molecule has 0 fully saturated rings. The third-order valence-corrected chi connectivity index (χ3v) is 7.03. The number of aldehydes is 2. The fourth-order valence-electron chi connectivity index (χ4n) is 2.73. The second kappa shape index (κ2) is 9.83. The van der Waals surface area contributed by atoms with Gasteiger partial charge in [0.05, 0.1) is 4.08 Å². The minimum atomic E-state index is -0.132. The zero-order chi connectivity index (χ0) is 18.1. The van der Waals surface area contributed by atoms with Gasteiger partial charge in [0.15, 0.2) is 0 Å². The van der Waals surface area contributed by atoms with Crippen molar-refractivity contribution in [2.24, 2.45) is 0 Å². The summed E-state index contributed by atoms with van der Waals surface area (Å²) in [5.74, 6) is 0. The predicted octanol–water partition coefficient (Wildman–Crippen LogP) is 5.85. The highest BCUT2D eigenvalue weighted by Crippen LogP contribution is 2.51. The Morgan fingerprint density at radius 1 is 0.760 bits per heavy atom. The van der Waals surface area contributed by atoms with Gasteiger partial charge in [-0.05, 0) is 25.0 Å². The first kappa shape index (κ1) is 19.8. The van der Waals surface area contributed by atoms with Crippen LogP contribution in [0.15, 0.2) is 60.7 Å². The molecule has 0 aliphatic carbocycles. The molecule has 2 atom stereocenters. The largest absolute Gasteiger partial charge is 0.303 e. The molecular weight excluding hydrogens is 348 g/mol. The Labute approximate surface area is 158 Å². The van der Waals surface area contributed by atoms with E-state index in [0.717, 1.165) is 12.6 Å². The van der Waals surface area contributed by atoms with Crippen molar-refractivity contribution >= 4 is 36.1 Å². The lowest BCUT2D eigenvalue weighted by atomic mass is 10.1. The lowest BCUT2D eigenvalue weighted by Gasteiger charge is -2.32. The molecule has 4 heteroatoms. The standard InChI is InChI=1S/C21H24O2S2/c1-21(2,24-19(13-15-22)17-9-5-3-6-10-17)25-20(14-16-23)18-11-7-4-8-12-18/h3-12,15-16,19-20H,13-14H2,1-2H3. The number of hydrogen-bond acceptors (Lipinski definition) is 4. The van der Waals surface area contributed by atoms with Crippen LogP contribution in [0.25, 0.3) is 0 Å². The summed E-state index contributed by atoms with van der Waals surface area (Å²) in [4.78, 5) is 22.3. The van der Waals surface area contributed by atoms with Gasteiger partial charge in [-0.3, -0.25) is 0 Å². The lowest BCUT2D eigenvalue weighted by molar-refractivity contribution is -0.108. The molecule has 25 heavy (non-hydrogen) atoms. The van der Waals surface area contributed by atoms with E-state index in [1.54, 1.807) is 23.5 Å². The van der Waals surface area contributed by atoms with Gasteiger partial charge < -0.3 is 9.59 Å². The van der Waals surface area contributed by atoms with Gasteiger partial charge in [-0.25, -0.2) is 0 Å². The number of carbonyl (C=O) groups excluding carboxylic acids is 2. The van der Waals surface area contributed by atoms with Crippen LogP contribution in [0.1, 0.15) is 48.3 Å². The van der Waals surface area contributed by atoms with Gasteiger partial charge in [0.25, 0.3) is 0 Å². The van der Waals surface area contributed by atoms with Crippen LogP contribution in [-0.2, 0) is 9.59 Å². The van der Waals surface area contributed by atoms with Gasteiger partial charge in [-0.1, -0.05) is 60.7 Å².